The third-order valence-electron chi connectivity index (χ3n) is 1.80. The van der Waals surface area contributed by atoms with E-state index in [-0.39, 0.29) is 11.9 Å². The first kappa shape index (κ1) is 11.9. The Morgan fingerprint density at radius 2 is 2.31 bits per heavy atom. The van der Waals surface area contributed by atoms with E-state index in [1.165, 1.54) is 7.11 Å². The Labute approximate surface area is 77.7 Å². The Bertz CT molecular complexity index is 200. The zero-order valence-corrected chi connectivity index (χ0v) is 8.06. The van der Waals surface area contributed by atoms with Crippen molar-refractivity contribution in [1.29, 1.82) is 0 Å². The standard InChI is InChI=1S/C8H15N3O2/c1-7(13-2)8(12)5-3-4-6-10-11-9/h7H,3-6H2,1-2H3. The molecule has 0 heterocycles. The summed E-state index contributed by atoms with van der Waals surface area (Å²) >= 11 is 0. The highest BCUT2D eigenvalue weighted by atomic mass is 16.5. The van der Waals surface area contributed by atoms with Gasteiger partial charge in [-0.1, -0.05) is 5.11 Å². The van der Waals surface area contributed by atoms with Gasteiger partial charge in [0.1, 0.15) is 6.10 Å². The van der Waals surface area contributed by atoms with E-state index in [2.05, 4.69) is 10.0 Å². The van der Waals surface area contributed by atoms with Gasteiger partial charge in [-0.3, -0.25) is 4.79 Å². The number of unbranched alkanes of at least 4 members (excludes halogenated alkanes) is 1. The first-order valence-electron chi connectivity index (χ1n) is 4.28. The van der Waals surface area contributed by atoms with Crippen LogP contribution in [0.4, 0.5) is 0 Å². The SMILES string of the molecule is COC(C)C(=O)CCCCN=[N+]=[N-]. The van der Waals surface area contributed by atoms with Crippen molar-refractivity contribution in [2.45, 2.75) is 32.3 Å². The minimum atomic E-state index is -0.320. The maximum absolute atomic E-state index is 11.2. The van der Waals surface area contributed by atoms with Crippen molar-refractivity contribution in [3.8, 4) is 0 Å². The number of hydrogen-bond donors (Lipinski definition) is 0. The van der Waals surface area contributed by atoms with Gasteiger partial charge in [-0.15, -0.1) is 0 Å². The Morgan fingerprint density at radius 3 is 2.85 bits per heavy atom. The number of hydrogen-bond acceptors (Lipinski definition) is 3. The van der Waals surface area contributed by atoms with Crippen molar-refractivity contribution in [3.63, 3.8) is 0 Å². The predicted octanol–water partition coefficient (Wildman–Crippen LogP) is 2.07. The number of carbonyl (C=O) groups is 1. The van der Waals surface area contributed by atoms with E-state index in [1.54, 1.807) is 6.92 Å². The van der Waals surface area contributed by atoms with Crippen molar-refractivity contribution in [1.82, 2.24) is 0 Å². The third-order valence-corrected chi connectivity index (χ3v) is 1.80. The lowest BCUT2D eigenvalue weighted by Gasteiger charge is -2.06. The monoisotopic (exact) mass is 185 g/mol. The maximum atomic E-state index is 11.2. The largest absolute Gasteiger partial charge is 0.374 e. The highest BCUT2D eigenvalue weighted by molar-refractivity contribution is 5.82. The molecular formula is C8H15N3O2. The number of rotatable bonds is 7. The first-order chi connectivity index (χ1) is 6.22. The van der Waals surface area contributed by atoms with Gasteiger partial charge >= 0.3 is 0 Å². The quantitative estimate of drug-likeness (QED) is 0.263. The van der Waals surface area contributed by atoms with Crippen LogP contribution in [0.3, 0.4) is 0 Å². The molecule has 0 aliphatic heterocycles. The lowest BCUT2D eigenvalue weighted by molar-refractivity contribution is -0.127. The number of Topliss-reactive ketones (excluding diaryl/α,β-unsaturated/α-hetero) is 1. The Kier molecular flexibility index (Phi) is 6.96. The molecule has 5 heteroatoms. The predicted molar refractivity (Wildman–Crippen MR) is 49.3 cm³/mol. The van der Waals surface area contributed by atoms with Crippen molar-refractivity contribution in [3.05, 3.63) is 10.4 Å². The lowest BCUT2D eigenvalue weighted by atomic mass is 10.1. The van der Waals surface area contributed by atoms with Crippen LogP contribution in [0, 0.1) is 0 Å². The van der Waals surface area contributed by atoms with E-state index in [0.717, 1.165) is 12.8 Å². The zero-order valence-electron chi connectivity index (χ0n) is 8.06. The molecule has 0 aromatic rings. The van der Waals surface area contributed by atoms with Gasteiger partial charge in [-0.2, -0.15) is 0 Å². The summed E-state index contributed by atoms with van der Waals surface area (Å²) in [6.07, 6.45) is 1.69. The van der Waals surface area contributed by atoms with Crippen LogP contribution in [-0.2, 0) is 9.53 Å². The maximum Gasteiger partial charge on any atom is 0.161 e. The molecule has 0 aromatic heterocycles. The van der Waals surface area contributed by atoms with E-state index < -0.39 is 0 Å². The molecule has 0 saturated heterocycles. The normalized spacial score (nSPS) is 11.8. The molecule has 74 valence electrons. The lowest BCUT2D eigenvalue weighted by Crippen LogP contribution is -2.18. The summed E-state index contributed by atoms with van der Waals surface area (Å²) in [5.41, 5.74) is 7.97. The van der Waals surface area contributed by atoms with Crippen LogP contribution in [0.5, 0.6) is 0 Å². The molecule has 0 aromatic carbocycles. The fraction of sp³-hybridized carbons (Fsp3) is 0.875. The number of methoxy groups -OCH3 is 1. The summed E-state index contributed by atoms with van der Waals surface area (Å²) < 4.78 is 4.86. The molecule has 0 radical (unpaired) electrons. The van der Waals surface area contributed by atoms with Crippen LogP contribution >= 0.6 is 0 Å². The zero-order chi connectivity index (χ0) is 10.1. The van der Waals surface area contributed by atoms with Gasteiger partial charge in [-0.25, -0.2) is 0 Å². The van der Waals surface area contributed by atoms with Gasteiger partial charge in [0, 0.05) is 25.0 Å². The summed E-state index contributed by atoms with van der Waals surface area (Å²) in [5.74, 6) is 0.100. The fourth-order valence-corrected chi connectivity index (χ4v) is 0.861. The second kappa shape index (κ2) is 7.58. The molecule has 0 amide bonds. The molecule has 0 aliphatic carbocycles. The third kappa shape index (κ3) is 6.13. The van der Waals surface area contributed by atoms with Crippen LogP contribution in [0.2, 0.25) is 0 Å². The smallest absolute Gasteiger partial charge is 0.161 e. The van der Waals surface area contributed by atoms with Gasteiger partial charge in [0.25, 0.3) is 0 Å². The highest BCUT2D eigenvalue weighted by Gasteiger charge is 2.09. The van der Waals surface area contributed by atoms with Gasteiger partial charge in [0.15, 0.2) is 5.78 Å². The molecule has 5 nitrogen and oxygen atoms in total. The second-order valence-electron chi connectivity index (χ2n) is 2.76. The van der Waals surface area contributed by atoms with E-state index >= 15 is 0 Å². The summed E-state index contributed by atoms with van der Waals surface area (Å²) in [5, 5.41) is 3.37. The van der Waals surface area contributed by atoms with Crippen molar-refractivity contribution in [2.75, 3.05) is 13.7 Å². The number of carbonyl (C=O) groups excluding carboxylic acids is 1. The first-order valence-corrected chi connectivity index (χ1v) is 4.28. The van der Waals surface area contributed by atoms with Gasteiger partial charge in [0.2, 0.25) is 0 Å². The van der Waals surface area contributed by atoms with Crippen LogP contribution in [0.15, 0.2) is 5.11 Å². The van der Waals surface area contributed by atoms with Crippen molar-refractivity contribution < 1.29 is 9.53 Å². The molecule has 1 atom stereocenters. The molecular weight excluding hydrogens is 170 g/mol. The number of azide groups is 1. The van der Waals surface area contributed by atoms with E-state index in [9.17, 15) is 4.79 Å². The molecule has 0 N–H and O–H groups in total. The average molecular weight is 185 g/mol. The van der Waals surface area contributed by atoms with Crippen molar-refractivity contribution >= 4 is 5.78 Å². The minimum absolute atomic E-state index is 0.100. The Balaban J connectivity index is 3.42. The second-order valence-corrected chi connectivity index (χ2v) is 2.76. The van der Waals surface area contributed by atoms with E-state index in [4.69, 9.17) is 10.3 Å². The van der Waals surface area contributed by atoms with Crippen LogP contribution in [0.1, 0.15) is 26.2 Å². The fourth-order valence-electron chi connectivity index (χ4n) is 0.861. The van der Waals surface area contributed by atoms with Crippen LogP contribution in [-0.4, -0.2) is 25.5 Å². The Hall–Kier alpha value is -1.06. The number of nitrogens with zero attached hydrogens (tertiary/aromatic N) is 3. The van der Waals surface area contributed by atoms with Crippen LogP contribution < -0.4 is 0 Å². The highest BCUT2D eigenvalue weighted by Crippen LogP contribution is 2.01. The Morgan fingerprint density at radius 1 is 1.62 bits per heavy atom. The van der Waals surface area contributed by atoms with Gasteiger partial charge in [0.05, 0.1) is 0 Å². The summed E-state index contributed by atoms with van der Waals surface area (Å²) in [6, 6.07) is 0. The van der Waals surface area contributed by atoms with Gasteiger partial charge in [-0.05, 0) is 25.3 Å². The van der Waals surface area contributed by atoms with Crippen LogP contribution in [0.25, 0.3) is 10.4 Å². The summed E-state index contributed by atoms with van der Waals surface area (Å²) in [4.78, 5) is 13.8. The molecule has 0 fully saturated rings. The molecule has 0 rings (SSSR count). The van der Waals surface area contributed by atoms with E-state index in [1.807, 2.05) is 0 Å². The number of ketones is 1. The molecule has 0 saturated carbocycles. The van der Waals surface area contributed by atoms with E-state index in [0.29, 0.717) is 13.0 Å². The van der Waals surface area contributed by atoms with Crippen molar-refractivity contribution in [2.24, 2.45) is 5.11 Å². The molecule has 0 aliphatic rings. The molecule has 0 spiro atoms. The minimum Gasteiger partial charge on any atom is -0.374 e. The molecule has 13 heavy (non-hydrogen) atoms. The molecule has 1 unspecified atom stereocenters. The summed E-state index contributed by atoms with van der Waals surface area (Å²) in [7, 11) is 1.52. The number of ether oxygens (including phenoxy) is 1. The molecule has 0 bridgehead atoms. The average Bonchev–Trinajstić information content (AvgIpc) is 2.16. The topological polar surface area (TPSA) is 75.1 Å². The summed E-state index contributed by atoms with van der Waals surface area (Å²) in [6.45, 7) is 2.20. The van der Waals surface area contributed by atoms with Gasteiger partial charge < -0.3 is 4.74 Å².